The van der Waals surface area contributed by atoms with Crippen molar-refractivity contribution in [3.05, 3.63) is 11.1 Å². The second kappa shape index (κ2) is 4.42. The van der Waals surface area contributed by atoms with Crippen LogP contribution in [0.2, 0.25) is 0 Å². The van der Waals surface area contributed by atoms with E-state index < -0.39 is 0 Å². The third-order valence-corrected chi connectivity index (χ3v) is 2.62. The third kappa shape index (κ3) is 2.46. The van der Waals surface area contributed by atoms with Gasteiger partial charge in [0.15, 0.2) is 5.13 Å². The first kappa shape index (κ1) is 9.48. The molecular formula is C8H15N3S. The highest BCUT2D eigenvalue weighted by Gasteiger charge is 2.01. The van der Waals surface area contributed by atoms with E-state index in [9.17, 15) is 0 Å². The van der Waals surface area contributed by atoms with Crippen molar-refractivity contribution in [2.24, 2.45) is 5.73 Å². The zero-order valence-corrected chi connectivity index (χ0v) is 8.40. The maximum Gasteiger partial charge on any atom is 0.184 e. The van der Waals surface area contributed by atoms with Gasteiger partial charge in [-0.15, -0.1) is 11.3 Å². The molecule has 0 bridgehead atoms. The lowest BCUT2D eigenvalue weighted by atomic mass is 10.2. The number of hydrogen-bond acceptors (Lipinski definition) is 4. The van der Waals surface area contributed by atoms with Crippen LogP contribution in [0, 0.1) is 0 Å². The van der Waals surface area contributed by atoms with Crippen LogP contribution in [0.4, 0.5) is 5.13 Å². The van der Waals surface area contributed by atoms with E-state index in [1.165, 1.54) is 0 Å². The second-order valence-corrected chi connectivity index (χ2v) is 3.74. The Labute approximate surface area is 77.2 Å². The molecule has 1 aromatic heterocycles. The van der Waals surface area contributed by atoms with Crippen molar-refractivity contribution in [2.45, 2.75) is 12.8 Å². The van der Waals surface area contributed by atoms with E-state index >= 15 is 0 Å². The van der Waals surface area contributed by atoms with Crippen LogP contribution in [0.3, 0.4) is 0 Å². The summed E-state index contributed by atoms with van der Waals surface area (Å²) >= 11 is 1.68. The number of anilines is 1. The summed E-state index contributed by atoms with van der Waals surface area (Å²) in [7, 11) is 4.01. The van der Waals surface area contributed by atoms with E-state index in [-0.39, 0.29) is 0 Å². The molecule has 3 nitrogen and oxygen atoms in total. The predicted octanol–water partition coefficient (Wildman–Crippen LogP) is 1.10. The Morgan fingerprint density at radius 2 is 2.33 bits per heavy atom. The van der Waals surface area contributed by atoms with Crippen molar-refractivity contribution in [1.82, 2.24) is 4.98 Å². The SMILES string of the molecule is CN(C)c1nc(CCCN)cs1. The quantitative estimate of drug-likeness (QED) is 0.764. The molecule has 1 rings (SSSR count). The zero-order valence-electron chi connectivity index (χ0n) is 7.58. The van der Waals surface area contributed by atoms with Gasteiger partial charge in [-0.05, 0) is 19.4 Å². The fourth-order valence-electron chi connectivity index (χ4n) is 0.900. The van der Waals surface area contributed by atoms with Gasteiger partial charge in [-0.1, -0.05) is 0 Å². The number of nitrogens with zero attached hydrogens (tertiary/aromatic N) is 2. The van der Waals surface area contributed by atoms with Gasteiger partial charge < -0.3 is 10.6 Å². The van der Waals surface area contributed by atoms with Crippen LogP contribution >= 0.6 is 11.3 Å². The molecule has 0 saturated heterocycles. The van der Waals surface area contributed by atoms with Gasteiger partial charge in [0.1, 0.15) is 0 Å². The van der Waals surface area contributed by atoms with Crippen LogP contribution in [-0.4, -0.2) is 25.6 Å². The van der Waals surface area contributed by atoms with Gasteiger partial charge in [0.25, 0.3) is 0 Å². The molecule has 0 amide bonds. The van der Waals surface area contributed by atoms with E-state index in [1.54, 1.807) is 11.3 Å². The first-order valence-electron chi connectivity index (χ1n) is 4.06. The summed E-state index contributed by atoms with van der Waals surface area (Å²) in [6.07, 6.45) is 2.03. The van der Waals surface area contributed by atoms with Crippen molar-refractivity contribution < 1.29 is 0 Å². The molecule has 0 fully saturated rings. The van der Waals surface area contributed by atoms with Crippen LogP contribution in [0.5, 0.6) is 0 Å². The largest absolute Gasteiger partial charge is 0.354 e. The van der Waals surface area contributed by atoms with Crippen molar-refractivity contribution in [1.29, 1.82) is 0 Å². The number of rotatable bonds is 4. The smallest absolute Gasteiger partial charge is 0.184 e. The maximum absolute atomic E-state index is 5.41. The second-order valence-electron chi connectivity index (χ2n) is 2.91. The molecule has 0 unspecified atom stereocenters. The Balaban J connectivity index is 2.52. The molecule has 1 heterocycles. The minimum Gasteiger partial charge on any atom is -0.354 e. The van der Waals surface area contributed by atoms with Gasteiger partial charge in [0, 0.05) is 19.5 Å². The normalized spacial score (nSPS) is 10.2. The maximum atomic E-state index is 5.41. The number of thiazole rings is 1. The Hall–Kier alpha value is -0.610. The molecule has 2 N–H and O–H groups in total. The van der Waals surface area contributed by atoms with Gasteiger partial charge in [0.05, 0.1) is 5.69 Å². The molecule has 0 aliphatic rings. The van der Waals surface area contributed by atoms with Gasteiger partial charge in [0.2, 0.25) is 0 Å². The van der Waals surface area contributed by atoms with Crippen molar-refractivity contribution in [3.63, 3.8) is 0 Å². The predicted molar refractivity (Wildman–Crippen MR) is 53.8 cm³/mol. The number of aryl methyl sites for hydroxylation is 1. The highest BCUT2D eigenvalue weighted by molar-refractivity contribution is 7.13. The first-order valence-corrected chi connectivity index (χ1v) is 4.94. The fourth-order valence-corrected chi connectivity index (χ4v) is 1.69. The summed E-state index contributed by atoms with van der Waals surface area (Å²) in [6, 6.07) is 0. The number of hydrogen-bond donors (Lipinski definition) is 1. The summed E-state index contributed by atoms with van der Waals surface area (Å²) in [5.41, 5.74) is 6.57. The lowest BCUT2D eigenvalue weighted by Gasteiger charge is -2.05. The number of aromatic nitrogens is 1. The molecule has 0 radical (unpaired) electrons. The van der Waals surface area contributed by atoms with Crippen molar-refractivity contribution >= 4 is 16.5 Å². The molecule has 0 aliphatic heterocycles. The molecule has 0 spiro atoms. The fraction of sp³-hybridized carbons (Fsp3) is 0.625. The third-order valence-electron chi connectivity index (χ3n) is 1.56. The average Bonchev–Trinajstić information content (AvgIpc) is 2.48. The van der Waals surface area contributed by atoms with Gasteiger partial charge in [-0.2, -0.15) is 0 Å². The van der Waals surface area contributed by atoms with Crippen LogP contribution in [0.15, 0.2) is 5.38 Å². The molecule has 4 heteroatoms. The molecule has 1 aromatic rings. The van der Waals surface area contributed by atoms with E-state index in [0.29, 0.717) is 0 Å². The van der Waals surface area contributed by atoms with Crippen LogP contribution in [0.25, 0.3) is 0 Å². The van der Waals surface area contributed by atoms with Crippen LogP contribution < -0.4 is 10.6 Å². The molecule has 0 atom stereocenters. The highest BCUT2D eigenvalue weighted by atomic mass is 32.1. The summed E-state index contributed by atoms with van der Waals surface area (Å²) in [5.74, 6) is 0. The summed E-state index contributed by atoms with van der Waals surface area (Å²) < 4.78 is 0. The van der Waals surface area contributed by atoms with Gasteiger partial charge >= 0.3 is 0 Å². The zero-order chi connectivity index (χ0) is 8.97. The van der Waals surface area contributed by atoms with E-state index in [0.717, 1.165) is 30.2 Å². The Kier molecular flexibility index (Phi) is 3.49. The monoisotopic (exact) mass is 185 g/mol. The lowest BCUT2D eigenvalue weighted by molar-refractivity contribution is 0.814. The molecule has 68 valence electrons. The Morgan fingerprint density at radius 1 is 1.58 bits per heavy atom. The van der Waals surface area contributed by atoms with Crippen molar-refractivity contribution in [3.8, 4) is 0 Å². The average molecular weight is 185 g/mol. The first-order chi connectivity index (χ1) is 5.74. The summed E-state index contributed by atoms with van der Waals surface area (Å²) in [6.45, 7) is 0.745. The molecule has 0 aromatic carbocycles. The van der Waals surface area contributed by atoms with Crippen molar-refractivity contribution in [2.75, 3.05) is 25.5 Å². The van der Waals surface area contributed by atoms with E-state index in [1.807, 2.05) is 19.0 Å². The van der Waals surface area contributed by atoms with Crippen LogP contribution in [0.1, 0.15) is 12.1 Å². The highest BCUT2D eigenvalue weighted by Crippen LogP contribution is 2.18. The molecule has 0 saturated carbocycles. The number of nitrogens with two attached hydrogens (primary N) is 1. The Bertz CT molecular complexity index is 232. The Morgan fingerprint density at radius 3 is 2.83 bits per heavy atom. The molecular weight excluding hydrogens is 170 g/mol. The summed E-state index contributed by atoms with van der Waals surface area (Å²) in [4.78, 5) is 6.46. The van der Waals surface area contributed by atoms with E-state index in [2.05, 4.69) is 10.4 Å². The topological polar surface area (TPSA) is 42.2 Å². The van der Waals surface area contributed by atoms with Gasteiger partial charge in [-0.3, -0.25) is 0 Å². The van der Waals surface area contributed by atoms with E-state index in [4.69, 9.17) is 5.73 Å². The molecule has 0 aliphatic carbocycles. The summed E-state index contributed by atoms with van der Waals surface area (Å²) in [5, 5.41) is 3.17. The minimum atomic E-state index is 0.745. The molecule has 12 heavy (non-hydrogen) atoms. The lowest BCUT2D eigenvalue weighted by Crippen LogP contribution is -2.08. The standard InChI is InChI=1S/C8H15N3S/c1-11(2)8-10-7(6-12-8)4-3-5-9/h6H,3-5,9H2,1-2H3. The minimum absolute atomic E-state index is 0.745. The van der Waals surface area contributed by atoms with Gasteiger partial charge in [-0.25, -0.2) is 4.98 Å². The van der Waals surface area contributed by atoms with Crippen LogP contribution in [-0.2, 0) is 6.42 Å².